The largest absolute Gasteiger partial charge is 0.366 e. The van der Waals surface area contributed by atoms with Crippen molar-refractivity contribution >= 4 is 23.3 Å². The lowest BCUT2D eigenvalue weighted by atomic mass is 9.99. The number of nitrogens with zero attached hydrogens (tertiary/aromatic N) is 2. The number of pyridine rings is 1. The minimum absolute atomic E-state index is 0.0228. The number of carbonyl (C=O) groups excluding carboxylic acids is 1. The molecule has 0 radical (unpaired) electrons. The van der Waals surface area contributed by atoms with E-state index in [0.29, 0.717) is 18.7 Å². The Morgan fingerprint density at radius 3 is 2.59 bits per heavy atom. The summed E-state index contributed by atoms with van der Waals surface area (Å²) in [5, 5.41) is 3.96. The highest BCUT2D eigenvalue weighted by atomic mass is 35.5. The fraction of sp³-hybridized carbons (Fsp3) is 0.182. The van der Waals surface area contributed by atoms with E-state index in [9.17, 15) is 4.79 Å². The molecule has 1 aliphatic heterocycles. The third kappa shape index (κ3) is 3.96. The van der Waals surface area contributed by atoms with Gasteiger partial charge in [-0.15, -0.1) is 0 Å². The van der Waals surface area contributed by atoms with E-state index in [1.54, 1.807) is 6.20 Å². The summed E-state index contributed by atoms with van der Waals surface area (Å²) < 4.78 is 0. The number of amides is 1. The quantitative estimate of drug-likeness (QED) is 0.725. The summed E-state index contributed by atoms with van der Waals surface area (Å²) in [7, 11) is 0. The number of rotatable bonds is 4. The van der Waals surface area contributed by atoms with Gasteiger partial charge in [0.05, 0.1) is 5.56 Å². The van der Waals surface area contributed by atoms with Gasteiger partial charge in [-0.25, -0.2) is 4.98 Å². The van der Waals surface area contributed by atoms with Gasteiger partial charge in [-0.3, -0.25) is 4.79 Å². The van der Waals surface area contributed by atoms with Crippen LogP contribution in [0.25, 0.3) is 0 Å². The average molecular weight is 378 g/mol. The Kier molecular flexibility index (Phi) is 5.07. The topological polar surface area (TPSA) is 45.2 Å². The van der Waals surface area contributed by atoms with Crippen LogP contribution in [0, 0.1) is 0 Å². The van der Waals surface area contributed by atoms with Crippen molar-refractivity contribution in [1.29, 1.82) is 0 Å². The molecule has 0 aliphatic carbocycles. The van der Waals surface area contributed by atoms with Gasteiger partial charge in [0.25, 0.3) is 5.91 Å². The highest BCUT2D eigenvalue weighted by Gasteiger charge is 2.21. The normalized spacial score (nSPS) is 13.1. The van der Waals surface area contributed by atoms with Crippen LogP contribution in [0.3, 0.4) is 0 Å². The second-order valence-corrected chi connectivity index (χ2v) is 7.03. The molecule has 1 aromatic heterocycles. The number of fused-ring (bicyclic) bond motifs is 1. The lowest BCUT2D eigenvalue weighted by Gasteiger charge is -2.28. The highest BCUT2D eigenvalue weighted by molar-refractivity contribution is 6.31. The number of hydrogen-bond acceptors (Lipinski definition) is 3. The van der Waals surface area contributed by atoms with Gasteiger partial charge >= 0.3 is 0 Å². The Morgan fingerprint density at radius 1 is 1.04 bits per heavy atom. The molecule has 0 saturated heterocycles. The SMILES string of the molecule is O=C(c1ccc(NCc2ccccc2Cl)nc1)N1CCc2ccccc2C1. The van der Waals surface area contributed by atoms with Crippen molar-refractivity contribution in [2.45, 2.75) is 19.5 Å². The van der Waals surface area contributed by atoms with Gasteiger partial charge in [0.1, 0.15) is 5.82 Å². The molecular weight excluding hydrogens is 358 g/mol. The highest BCUT2D eigenvalue weighted by Crippen LogP contribution is 2.21. The molecule has 4 nitrogen and oxygen atoms in total. The van der Waals surface area contributed by atoms with Crippen LogP contribution >= 0.6 is 11.6 Å². The van der Waals surface area contributed by atoms with Crippen LogP contribution in [-0.4, -0.2) is 22.3 Å². The Morgan fingerprint density at radius 2 is 1.81 bits per heavy atom. The number of carbonyl (C=O) groups is 1. The molecule has 1 aliphatic rings. The molecule has 3 aromatic rings. The molecule has 0 bridgehead atoms. The van der Waals surface area contributed by atoms with E-state index in [1.807, 2.05) is 47.4 Å². The number of anilines is 1. The fourth-order valence-electron chi connectivity index (χ4n) is 3.30. The molecule has 4 rings (SSSR count). The predicted molar refractivity (Wildman–Crippen MR) is 108 cm³/mol. The molecule has 136 valence electrons. The van der Waals surface area contributed by atoms with E-state index >= 15 is 0 Å². The first kappa shape index (κ1) is 17.6. The second-order valence-electron chi connectivity index (χ2n) is 6.62. The summed E-state index contributed by atoms with van der Waals surface area (Å²) in [5.41, 5.74) is 4.17. The van der Waals surface area contributed by atoms with Crippen molar-refractivity contribution < 1.29 is 4.79 Å². The monoisotopic (exact) mass is 377 g/mol. The predicted octanol–water partition coefficient (Wildman–Crippen LogP) is 4.55. The van der Waals surface area contributed by atoms with Crippen LogP contribution < -0.4 is 5.32 Å². The van der Waals surface area contributed by atoms with E-state index < -0.39 is 0 Å². The number of aromatic nitrogens is 1. The minimum Gasteiger partial charge on any atom is -0.366 e. The molecule has 0 saturated carbocycles. The van der Waals surface area contributed by atoms with Gasteiger partial charge in [0.2, 0.25) is 0 Å². The lowest BCUT2D eigenvalue weighted by Crippen LogP contribution is -2.35. The first-order valence-corrected chi connectivity index (χ1v) is 9.38. The number of nitrogens with one attached hydrogen (secondary N) is 1. The third-order valence-electron chi connectivity index (χ3n) is 4.85. The second kappa shape index (κ2) is 7.80. The van der Waals surface area contributed by atoms with Gasteiger partial charge in [-0.1, -0.05) is 54.1 Å². The Hall–Kier alpha value is -2.85. The van der Waals surface area contributed by atoms with Crippen molar-refractivity contribution in [2.24, 2.45) is 0 Å². The van der Waals surface area contributed by atoms with Crippen molar-refractivity contribution in [3.63, 3.8) is 0 Å². The molecule has 0 spiro atoms. The molecule has 0 fully saturated rings. The van der Waals surface area contributed by atoms with Crippen LogP contribution in [0.2, 0.25) is 5.02 Å². The van der Waals surface area contributed by atoms with Gasteiger partial charge in [-0.05, 0) is 41.3 Å². The first-order valence-electron chi connectivity index (χ1n) is 9.00. The van der Waals surface area contributed by atoms with E-state index in [4.69, 9.17) is 11.6 Å². The Labute approximate surface area is 163 Å². The van der Waals surface area contributed by atoms with Gasteiger partial charge in [0, 0.05) is 30.9 Å². The van der Waals surface area contributed by atoms with E-state index in [1.165, 1.54) is 11.1 Å². The summed E-state index contributed by atoms with van der Waals surface area (Å²) in [6, 6.07) is 19.7. The zero-order chi connectivity index (χ0) is 18.6. The number of benzene rings is 2. The van der Waals surface area contributed by atoms with Gasteiger partial charge in [0.15, 0.2) is 0 Å². The molecule has 5 heteroatoms. The van der Waals surface area contributed by atoms with E-state index in [0.717, 1.165) is 29.4 Å². The summed E-state index contributed by atoms with van der Waals surface area (Å²) >= 11 is 6.17. The van der Waals surface area contributed by atoms with Gasteiger partial charge < -0.3 is 10.2 Å². The van der Waals surface area contributed by atoms with Crippen molar-refractivity contribution in [2.75, 3.05) is 11.9 Å². The van der Waals surface area contributed by atoms with Crippen LogP contribution in [0.4, 0.5) is 5.82 Å². The van der Waals surface area contributed by atoms with Crippen molar-refractivity contribution in [3.8, 4) is 0 Å². The Balaban J connectivity index is 1.40. The molecule has 0 unspecified atom stereocenters. The summed E-state index contributed by atoms with van der Waals surface area (Å²) in [4.78, 5) is 19.1. The lowest BCUT2D eigenvalue weighted by molar-refractivity contribution is 0.0734. The summed E-state index contributed by atoms with van der Waals surface area (Å²) in [6.07, 6.45) is 2.53. The summed E-state index contributed by atoms with van der Waals surface area (Å²) in [6.45, 7) is 1.98. The van der Waals surface area contributed by atoms with Crippen LogP contribution in [0.5, 0.6) is 0 Å². The minimum atomic E-state index is 0.0228. The standard InChI is InChI=1S/C22H20ClN3O/c23-20-8-4-3-6-17(20)13-24-21-10-9-18(14-25-21)22(27)26-12-11-16-5-1-2-7-19(16)15-26/h1-10,14H,11-13,15H2,(H,24,25). The number of halogens is 1. The van der Waals surface area contributed by atoms with Crippen molar-refractivity contribution in [1.82, 2.24) is 9.88 Å². The zero-order valence-corrected chi connectivity index (χ0v) is 15.6. The molecule has 0 atom stereocenters. The fourth-order valence-corrected chi connectivity index (χ4v) is 3.51. The average Bonchev–Trinajstić information content (AvgIpc) is 2.73. The van der Waals surface area contributed by atoms with Crippen molar-refractivity contribution in [3.05, 3.63) is 94.1 Å². The summed E-state index contributed by atoms with van der Waals surface area (Å²) in [5.74, 6) is 0.741. The first-order chi connectivity index (χ1) is 13.2. The van der Waals surface area contributed by atoms with E-state index in [2.05, 4.69) is 28.5 Å². The smallest absolute Gasteiger partial charge is 0.255 e. The van der Waals surface area contributed by atoms with Crippen LogP contribution in [0.1, 0.15) is 27.0 Å². The maximum atomic E-state index is 12.8. The molecule has 2 heterocycles. The van der Waals surface area contributed by atoms with E-state index in [-0.39, 0.29) is 5.91 Å². The molecule has 27 heavy (non-hydrogen) atoms. The maximum absolute atomic E-state index is 12.8. The van der Waals surface area contributed by atoms with Crippen LogP contribution in [-0.2, 0) is 19.5 Å². The third-order valence-corrected chi connectivity index (χ3v) is 5.21. The molecule has 1 amide bonds. The van der Waals surface area contributed by atoms with Crippen LogP contribution in [0.15, 0.2) is 66.9 Å². The maximum Gasteiger partial charge on any atom is 0.255 e. The molecule has 2 aromatic carbocycles. The Bertz CT molecular complexity index is 956. The number of hydrogen-bond donors (Lipinski definition) is 1. The van der Waals surface area contributed by atoms with Gasteiger partial charge in [-0.2, -0.15) is 0 Å². The molecule has 1 N–H and O–H groups in total. The molecular formula is C22H20ClN3O. The zero-order valence-electron chi connectivity index (χ0n) is 14.9.